The average Bonchev–Trinajstić information content (AvgIpc) is 3.06. The number of rotatable bonds is 9. The third-order valence-electron chi connectivity index (χ3n) is 5.45. The summed E-state index contributed by atoms with van der Waals surface area (Å²) < 4.78 is 10.4. The topological polar surface area (TPSA) is 93.2 Å². The number of imide groups is 1. The number of methoxy groups -OCH3 is 1. The molecule has 0 bridgehead atoms. The number of ether oxygens (including phenoxy) is 2. The zero-order valence-electron chi connectivity index (χ0n) is 19.2. The van der Waals surface area contributed by atoms with E-state index >= 15 is 0 Å². The lowest BCUT2D eigenvalue weighted by Crippen LogP contribution is -2.47. The summed E-state index contributed by atoms with van der Waals surface area (Å²) in [6.45, 7) is 3.61. The lowest BCUT2D eigenvalue weighted by Gasteiger charge is -2.26. The first-order valence-corrected chi connectivity index (χ1v) is 10.7. The van der Waals surface area contributed by atoms with Crippen molar-refractivity contribution in [1.29, 1.82) is 0 Å². The normalized spacial score (nSPS) is 13.7. The van der Waals surface area contributed by atoms with Gasteiger partial charge in [0.2, 0.25) is 0 Å². The molecule has 2 aromatic carbocycles. The lowest BCUT2D eigenvalue weighted by molar-refractivity contribution is -0.155. The van der Waals surface area contributed by atoms with Crippen molar-refractivity contribution in [2.75, 3.05) is 20.8 Å². The average molecular weight is 453 g/mol. The summed E-state index contributed by atoms with van der Waals surface area (Å²) in [6, 6.07) is 12.6. The highest BCUT2D eigenvalue weighted by molar-refractivity contribution is 6.22. The number of esters is 1. The fourth-order valence-electron chi connectivity index (χ4n) is 3.68. The van der Waals surface area contributed by atoms with Crippen LogP contribution < -0.4 is 4.74 Å². The SMILES string of the molecule is COc1ccc(CN(C)C(=O)COC(=O)C(CC(C)C)N2C(=O)c3ccccc3C2=O)cc1. The first-order chi connectivity index (χ1) is 15.7. The number of hydrogen-bond donors (Lipinski definition) is 0. The molecule has 1 atom stereocenters. The maximum Gasteiger partial charge on any atom is 0.329 e. The summed E-state index contributed by atoms with van der Waals surface area (Å²) in [5.74, 6) is -1.50. The quantitative estimate of drug-likeness (QED) is 0.429. The van der Waals surface area contributed by atoms with Crippen LogP contribution in [0.5, 0.6) is 5.75 Å². The van der Waals surface area contributed by atoms with Gasteiger partial charge in [-0.25, -0.2) is 4.79 Å². The Hall–Kier alpha value is -3.68. The Balaban J connectivity index is 1.65. The van der Waals surface area contributed by atoms with Gasteiger partial charge in [0.25, 0.3) is 17.7 Å². The Morgan fingerprint density at radius 2 is 1.55 bits per heavy atom. The van der Waals surface area contributed by atoms with Crippen LogP contribution >= 0.6 is 0 Å². The molecule has 1 aliphatic rings. The molecule has 1 aliphatic heterocycles. The van der Waals surface area contributed by atoms with E-state index in [-0.39, 0.29) is 23.5 Å². The highest BCUT2D eigenvalue weighted by atomic mass is 16.5. The van der Waals surface area contributed by atoms with E-state index in [0.717, 1.165) is 10.5 Å². The van der Waals surface area contributed by atoms with E-state index < -0.39 is 36.3 Å². The molecule has 0 radical (unpaired) electrons. The number of carbonyl (C=O) groups excluding carboxylic acids is 4. The number of carbonyl (C=O) groups is 4. The molecule has 3 amide bonds. The fraction of sp³-hybridized carbons (Fsp3) is 0.360. The molecule has 2 aromatic rings. The van der Waals surface area contributed by atoms with Gasteiger partial charge in [-0.15, -0.1) is 0 Å². The van der Waals surface area contributed by atoms with Crippen molar-refractivity contribution in [2.24, 2.45) is 5.92 Å². The molecule has 0 N–H and O–H groups in total. The largest absolute Gasteiger partial charge is 0.497 e. The van der Waals surface area contributed by atoms with Crippen molar-refractivity contribution in [1.82, 2.24) is 9.80 Å². The second-order valence-electron chi connectivity index (χ2n) is 8.38. The molecule has 33 heavy (non-hydrogen) atoms. The van der Waals surface area contributed by atoms with Gasteiger partial charge in [0.15, 0.2) is 6.61 Å². The van der Waals surface area contributed by atoms with E-state index in [2.05, 4.69) is 0 Å². The molecule has 1 unspecified atom stereocenters. The number of likely N-dealkylation sites (N-methyl/N-ethyl adjacent to an activating group) is 1. The van der Waals surface area contributed by atoms with E-state index in [4.69, 9.17) is 9.47 Å². The third kappa shape index (κ3) is 5.39. The molecule has 3 rings (SSSR count). The predicted molar refractivity (Wildman–Crippen MR) is 121 cm³/mol. The number of fused-ring (bicyclic) bond motifs is 1. The molecule has 1 heterocycles. The van der Waals surface area contributed by atoms with Gasteiger partial charge in [0, 0.05) is 13.6 Å². The molecule has 0 spiro atoms. The van der Waals surface area contributed by atoms with Crippen LogP contribution in [0.3, 0.4) is 0 Å². The Bertz CT molecular complexity index is 1010. The van der Waals surface area contributed by atoms with Crippen molar-refractivity contribution in [2.45, 2.75) is 32.9 Å². The summed E-state index contributed by atoms with van der Waals surface area (Å²) in [6.07, 6.45) is 0.236. The minimum Gasteiger partial charge on any atom is -0.497 e. The van der Waals surface area contributed by atoms with Gasteiger partial charge >= 0.3 is 5.97 Å². The maximum atomic E-state index is 12.9. The summed E-state index contributed by atoms with van der Waals surface area (Å²) in [5, 5.41) is 0. The van der Waals surface area contributed by atoms with Crippen LogP contribution in [-0.2, 0) is 20.9 Å². The highest BCUT2D eigenvalue weighted by Crippen LogP contribution is 2.27. The predicted octanol–water partition coefficient (Wildman–Crippen LogP) is 2.91. The molecular weight excluding hydrogens is 424 g/mol. The van der Waals surface area contributed by atoms with Crippen molar-refractivity contribution in [3.8, 4) is 5.75 Å². The molecule has 0 saturated heterocycles. The van der Waals surface area contributed by atoms with Crippen molar-refractivity contribution in [3.05, 3.63) is 65.2 Å². The molecule has 8 nitrogen and oxygen atoms in total. The Morgan fingerprint density at radius 3 is 2.06 bits per heavy atom. The zero-order chi connectivity index (χ0) is 24.1. The van der Waals surface area contributed by atoms with E-state index in [9.17, 15) is 19.2 Å². The second kappa shape index (κ2) is 10.3. The number of benzene rings is 2. The Kier molecular flexibility index (Phi) is 7.48. The zero-order valence-corrected chi connectivity index (χ0v) is 19.2. The van der Waals surface area contributed by atoms with Gasteiger partial charge in [-0.1, -0.05) is 38.1 Å². The number of hydrogen-bond acceptors (Lipinski definition) is 6. The summed E-state index contributed by atoms with van der Waals surface area (Å²) in [5.41, 5.74) is 1.42. The van der Waals surface area contributed by atoms with Gasteiger partial charge in [-0.3, -0.25) is 19.3 Å². The van der Waals surface area contributed by atoms with Crippen LogP contribution in [0.25, 0.3) is 0 Å². The molecule has 8 heteroatoms. The first kappa shape index (κ1) is 24.0. The molecule has 174 valence electrons. The molecule has 0 fully saturated rings. The van der Waals surface area contributed by atoms with Gasteiger partial charge in [-0.2, -0.15) is 0 Å². The summed E-state index contributed by atoms with van der Waals surface area (Å²) >= 11 is 0. The standard InChI is InChI=1S/C25H28N2O6/c1-16(2)13-21(27-23(29)19-7-5-6-8-20(19)24(27)30)25(31)33-15-22(28)26(3)14-17-9-11-18(32-4)12-10-17/h5-12,16,21H,13-15H2,1-4H3. The Labute approximate surface area is 193 Å². The minimum absolute atomic E-state index is 0.0142. The van der Waals surface area contributed by atoms with E-state index in [1.165, 1.54) is 4.90 Å². The lowest BCUT2D eigenvalue weighted by atomic mass is 10.0. The first-order valence-electron chi connectivity index (χ1n) is 10.7. The van der Waals surface area contributed by atoms with Crippen LogP contribution in [0, 0.1) is 5.92 Å². The number of amides is 3. The monoisotopic (exact) mass is 452 g/mol. The van der Waals surface area contributed by atoms with E-state index in [1.54, 1.807) is 50.6 Å². The Morgan fingerprint density at radius 1 is 0.970 bits per heavy atom. The van der Waals surface area contributed by atoms with Crippen LogP contribution in [-0.4, -0.2) is 60.3 Å². The molecular formula is C25H28N2O6. The van der Waals surface area contributed by atoms with Crippen LogP contribution in [0.1, 0.15) is 46.5 Å². The maximum absolute atomic E-state index is 12.9. The van der Waals surface area contributed by atoms with Gasteiger partial charge in [0.05, 0.1) is 18.2 Å². The summed E-state index contributed by atoms with van der Waals surface area (Å²) in [4.78, 5) is 53.5. The van der Waals surface area contributed by atoms with Crippen LogP contribution in [0.4, 0.5) is 0 Å². The van der Waals surface area contributed by atoms with Crippen LogP contribution in [0.15, 0.2) is 48.5 Å². The van der Waals surface area contributed by atoms with Crippen LogP contribution in [0.2, 0.25) is 0 Å². The van der Waals surface area contributed by atoms with E-state index in [0.29, 0.717) is 12.3 Å². The van der Waals surface area contributed by atoms with Gasteiger partial charge < -0.3 is 14.4 Å². The molecule has 0 saturated carbocycles. The molecule has 0 aromatic heterocycles. The minimum atomic E-state index is -1.10. The summed E-state index contributed by atoms with van der Waals surface area (Å²) in [7, 11) is 3.18. The fourth-order valence-corrected chi connectivity index (χ4v) is 3.68. The highest BCUT2D eigenvalue weighted by Gasteiger charge is 2.43. The van der Waals surface area contributed by atoms with Crippen molar-refractivity contribution in [3.63, 3.8) is 0 Å². The molecule has 0 aliphatic carbocycles. The van der Waals surface area contributed by atoms with Crippen molar-refractivity contribution < 1.29 is 28.7 Å². The van der Waals surface area contributed by atoms with Gasteiger partial charge in [-0.05, 0) is 42.2 Å². The number of nitrogens with zero attached hydrogens (tertiary/aromatic N) is 2. The second-order valence-corrected chi connectivity index (χ2v) is 8.38. The van der Waals surface area contributed by atoms with E-state index in [1.807, 2.05) is 26.0 Å². The third-order valence-corrected chi connectivity index (χ3v) is 5.45. The van der Waals surface area contributed by atoms with Gasteiger partial charge in [0.1, 0.15) is 11.8 Å². The smallest absolute Gasteiger partial charge is 0.329 e. The van der Waals surface area contributed by atoms with Crippen molar-refractivity contribution >= 4 is 23.7 Å².